The number of Topliss-reactive ketones (excluding diaryl/α,β-unsaturated/α-hetero) is 1. The van der Waals surface area contributed by atoms with Crippen LogP contribution in [-0.4, -0.2) is 42.0 Å². The highest BCUT2D eigenvalue weighted by Crippen LogP contribution is 2.29. The van der Waals surface area contributed by atoms with E-state index in [0.29, 0.717) is 12.6 Å². The molecule has 1 heterocycles. The van der Waals surface area contributed by atoms with Gasteiger partial charge in [0.15, 0.2) is 0 Å². The smallest absolute Gasteiger partial charge is 0.299 e. The molecule has 3 rings (SSSR count). The minimum absolute atomic E-state index is 0.0131. The molecule has 1 fully saturated rings. The van der Waals surface area contributed by atoms with E-state index >= 15 is 0 Å². The molecule has 0 bridgehead atoms. The van der Waals surface area contributed by atoms with Crippen molar-refractivity contribution in [3.63, 3.8) is 0 Å². The van der Waals surface area contributed by atoms with Gasteiger partial charge in [-0.1, -0.05) is 0 Å². The number of nitrogens with one attached hydrogen (secondary N) is 1. The fourth-order valence-electron chi connectivity index (χ4n) is 2.31. The summed E-state index contributed by atoms with van der Waals surface area (Å²) in [5.74, 6) is -1.87. The molecule has 0 saturated heterocycles. The maximum absolute atomic E-state index is 13.3. The number of halogens is 1. The number of fused-ring (bicyclic) bond motifs is 1. The topological polar surface area (TPSA) is 69.6 Å². The van der Waals surface area contributed by atoms with Gasteiger partial charge in [-0.3, -0.25) is 9.59 Å². The number of carbonyl (C=O) groups is 2. The van der Waals surface area contributed by atoms with Crippen LogP contribution in [0.2, 0.25) is 0 Å². The number of rotatable bonds is 5. The Morgan fingerprint density at radius 2 is 2.15 bits per heavy atom. The number of ketones is 1. The lowest BCUT2D eigenvalue weighted by molar-refractivity contribution is -0.114. The van der Waals surface area contributed by atoms with Crippen LogP contribution < -0.4 is 10.2 Å². The standard InChI is InChI=1S/C14H15FN2O3/c15-8-1-4-11-12(5-8)17(14(20)13(11)19)7-10(18)6-16-9-2-3-9/h1,4-5,9-10,16,18H,2-3,6-7H2. The first-order chi connectivity index (χ1) is 9.56. The highest BCUT2D eigenvalue weighted by Gasteiger charge is 2.37. The van der Waals surface area contributed by atoms with Crippen molar-refractivity contribution in [3.05, 3.63) is 29.6 Å². The average molecular weight is 278 g/mol. The summed E-state index contributed by atoms with van der Waals surface area (Å²) in [6, 6.07) is 4.06. The molecule has 20 heavy (non-hydrogen) atoms. The van der Waals surface area contributed by atoms with Crippen molar-refractivity contribution in [1.82, 2.24) is 5.32 Å². The zero-order valence-corrected chi connectivity index (χ0v) is 10.8. The Morgan fingerprint density at radius 3 is 2.85 bits per heavy atom. The number of β-amino-alcohol motifs (C(OH)–C–C–N with tert-alkyl or cyclic N) is 1. The van der Waals surface area contributed by atoms with Crippen molar-refractivity contribution >= 4 is 17.4 Å². The Kier molecular flexibility index (Phi) is 3.27. The second-order valence-corrected chi connectivity index (χ2v) is 5.24. The van der Waals surface area contributed by atoms with Crippen LogP contribution in [0.5, 0.6) is 0 Å². The number of aliphatic hydroxyl groups excluding tert-OH is 1. The van der Waals surface area contributed by atoms with Gasteiger partial charge in [0.25, 0.3) is 11.7 Å². The second kappa shape index (κ2) is 4.96. The van der Waals surface area contributed by atoms with Gasteiger partial charge in [-0.05, 0) is 31.0 Å². The van der Waals surface area contributed by atoms with Gasteiger partial charge < -0.3 is 15.3 Å². The first kappa shape index (κ1) is 13.2. The molecule has 0 radical (unpaired) electrons. The SMILES string of the molecule is O=C1C(=O)N(CC(O)CNC2CC2)c2cc(F)ccc21. The first-order valence-electron chi connectivity index (χ1n) is 6.63. The van der Waals surface area contributed by atoms with Crippen LogP contribution in [0.25, 0.3) is 0 Å². The van der Waals surface area contributed by atoms with Crippen molar-refractivity contribution in [2.75, 3.05) is 18.0 Å². The van der Waals surface area contributed by atoms with E-state index in [-0.39, 0.29) is 17.8 Å². The van der Waals surface area contributed by atoms with Crippen molar-refractivity contribution < 1.29 is 19.1 Å². The molecular formula is C14H15FN2O3. The third-order valence-electron chi connectivity index (χ3n) is 3.55. The van der Waals surface area contributed by atoms with Crippen LogP contribution >= 0.6 is 0 Å². The molecule has 0 aromatic heterocycles. The number of carbonyl (C=O) groups excluding carboxylic acids is 2. The monoisotopic (exact) mass is 278 g/mol. The van der Waals surface area contributed by atoms with Crippen molar-refractivity contribution in [2.45, 2.75) is 25.0 Å². The van der Waals surface area contributed by atoms with Gasteiger partial charge in [-0.2, -0.15) is 0 Å². The van der Waals surface area contributed by atoms with E-state index in [1.165, 1.54) is 6.07 Å². The third kappa shape index (κ3) is 2.44. The third-order valence-corrected chi connectivity index (χ3v) is 3.55. The molecule has 1 aliphatic heterocycles. The van der Waals surface area contributed by atoms with E-state index in [1.807, 2.05) is 0 Å². The molecule has 1 atom stereocenters. The van der Waals surface area contributed by atoms with E-state index < -0.39 is 23.6 Å². The normalized spacial score (nSPS) is 19.4. The zero-order valence-electron chi connectivity index (χ0n) is 10.8. The quantitative estimate of drug-likeness (QED) is 0.768. The number of hydrogen-bond donors (Lipinski definition) is 2. The van der Waals surface area contributed by atoms with E-state index in [9.17, 15) is 19.1 Å². The molecule has 1 aliphatic carbocycles. The molecule has 1 aromatic rings. The Bertz CT molecular complexity index is 572. The number of benzene rings is 1. The predicted molar refractivity (Wildman–Crippen MR) is 70.1 cm³/mol. The predicted octanol–water partition coefficient (Wildman–Crippen LogP) is 0.468. The van der Waals surface area contributed by atoms with Crippen LogP contribution in [-0.2, 0) is 4.79 Å². The van der Waals surface area contributed by atoms with Gasteiger partial charge in [-0.15, -0.1) is 0 Å². The van der Waals surface area contributed by atoms with Gasteiger partial charge in [0, 0.05) is 12.6 Å². The summed E-state index contributed by atoms with van der Waals surface area (Å²) in [7, 11) is 0. The number of anilines is 1. The number of hydrogen-bond acceptors (Lipinski definition) is 4. The Balaban J connectivity index is 1.74. The lowest BCUT2D eigenvalue weighted by Crippen LogP contribution is -2.41. The van der Waals surface area contributed by atoms with Crippen molar-refractivity contribution in [2.24, 2.45) is 0 Å². The fourth-order valence-corrected chi connectivity index (χ4v) is 2.31. The maximum Gasteiger partial charge on any atom is 0.299 e. The minimum Gasteiger partial charge on any atom is -0.390 e. The average Bonchev–Trinajstić information content (AvgIpc) is 3.21. The fraction of sp³-hybridized carbons (Fsp3) is 0.429. The molecule has 1 amide bonds. The molecule has 5 nitrogen and oxygen atoms in total. The summed E-state index contributed by atoms with van der Waals surface area (Å²) in [5, 5.41) is 13.1. The molecular weight excluding hydrogens is 263 g/mol. The molecule has 0 spiro atoms. The van der Waals surface area contributed by atoms with E-state index in [4.69, 9.17) is 0 Å². The molecule has 1 saturated carbocycles. The molecule has 2 aliphatic rings. The summed E-state index contributed by atoms with van der Waals surface area (Å²) in [6.07, 6.45) is 1.41. The summed E-state index contributed by atoms with van der Waals surface area (Å²) in [6.45, 7) is 0.341. The first-order valence-corrected chi connectivity index (χ1v) is 6.63. The Morgan fingerprint density at radius 1 is 1.40 bits per heavy atom. The largest absolute Gasteiger partial charge is 0.390 e. The van der Waals surface area contributed by atoms with E-state index in [0.717, 1.165) is 29.9 Å². The maximum atomic E-state index is 13.3. The van der Waals surface area contributed by atoms with Crippen LogP contribution in [0, 0.1) is 5.82 Å². The zero-order chi connectivity index (χ0) is 14.3. The summed E-state index contributed by atoms with van der Waals surface area (Å²) < 4.78 is 13.3. The summed E-state index contributed by atoms with van der Waals surface area (Å²) >= 11 is 0. The minimum atomic E-state index is -0.790. The van der Waals surface area contributed by atoms with Gasteiger partial charge in [0.05, 0.1) is 23.9 Å². The Labute approximate surface area is 115 Å². The number of aliphatic hydroxyl groups is 1. The lowest BCUT2D eigenvalue weighted by atomic mass is 10.1. The Hall–Kier alpha value is -1.79. The number of nitrogens with zero attached hydrogens (tertiary/aromatic N) is 1. The molecule has 6 heteroatoms. The highest BCUT2D eigenvalue weighted by molar-refractivity contribution is 6.52. The summed E-state index contributed by atoms with van der Waals surface area (Å²) in [5.41, 5.74) is 0.434. The van der Waals surface area contributed by atoms with Crippen LogP contribution in [0.1, 0.15) is 23.2 Å². The number of amides is 1. The van der Waals surface area contributed by atoms with Crippen molar-refractivity contribution in [1.29, 1.82) is 0 Å². The van der Waals surface area contributed by atoms with E-state index in [1.54, 1.807) is 0 Å². The van der Waals surface area contributed by atoms with Gasteiger partial charge in [0.2, 0.25) is 0 Å². The van der Waals surface area contributed by atoms with Gasteiger partial charge in [0.1, 0.15) is 5.82 Å². The van der Waals surface area contributed by atoms with Crippen LogP contribution in [0.4, 0.5) is 10.1 Å². The highest BCUT2D eigenvalue weighted by atomic mass is 19.1. The summed E-state index contributed by atoms with van der Waals surface area (Å²) in [4.78, 5) is 24.8. The van der Waals surface area contributed by atoms with Crippen LogP contribution in [0.3, 0.4) is 0 Å². The van der Waals surface area contributed by atoms with Crippen molar-refractivity contribution in [3.8, 4) is 0 Å². The van der Waals surface area contributed by atoms with Gasteiger partial charge in [-0.25, -0.2) is 4.39 Å². The van der Waals surface area contributed by atoms with Gasteiger partial charge >= 0.3 is 0 Å². The lowest BCUT2D eigenvalue weighted by Gasteiger charge is -2.20. The van der Waals surface area contributed by atoms with E-state index in [2.05, 4.69) is 5.32 Å². The molecule has 1 aromatic carbocycles. The van der Waals surface area contributed by atoms with Crippen LogP contribution in [0.15, 0.2) is 18.2 Å². The molecule has 106 valence electrons. The molecule has 2 N–H and O–H groups in total. The molecule has 1 unspecified atom stereocenters. The second-order valence-electron chi connectivity index (χ2n) is 5.24.